The van der Waals surface area contributed by atoms with Gasteiger partial charge in [-0.25, -0.2) is 0 Å². The Kier molecular flexibility index (Phi) is 9.86. The number of benzene rings is 2. The Balaban J connectivity index is 0.00000420. The number of anilines is 2. The molecule has 0 saturated carbocycles. The number of aromatic nitrogens is 1. The van der Waals surface area contributed by atoms with E-state index in [0.717, 1.165) is 16.7 Å². The highest BCUT2D eigenvalue weighted by Crippen LogP contribution is 2.38. The van der Waals surface area contributed by atoms with Crippen LogP contribution >= 0.6 is 12.4 Å². The van der Waals surface area contributed by atoms with E-state index in [4.69, 9.17) is 0 Å². The van der Waals surface area contributed by atoms with Gasteiger partial charge >= 0.3 is 0 Å². The largest absolute Gasteiger partial charge is 0.335 e. The minimum Gasteiger partial charge on any atom is -0.335 e. The number of carbonyl (C=O) groups excluding carboxylic acids is 3. The molecule has 0 bridgehead atoms. The number of halogens is 1. The smallest absolute Gasteiger partial charge is 0.241 e. The predicted molar refractivity (Wildman–Crippen MR) is 157 cm³/mol. The van der Waals surface area contributed by atoms with Crippen LogP contribution in [0.25, 0.3) is 0 Å². The first-order valence-corrected chi connectivity index (χ1v) is 13.2. The molecule has 3 amide bonds. The standard InChI is InChI=1S/C31H36N4O3.ClH/c1-5-26(24-14-15-25-27(20-24)34(4)30(38)31(2,3)29(37)33-25)35(19-17-23-12-9-18-32-21-23)28(36)16-13-22-10-7-6-8-11-22;/h6-12,14-15,18,20-21,26H,5,13,16-17,19H2,1-4H3,(H,33,37);1H. The minimum absolute atomic E-state index is 0. The van der Waals surface area contributed by atoms with E-state index in [1.165, 1.54) is 0 Å². The highest BCUT2D eigenvalue weighted by Gasteiger charge is 2.42. The Bertz CT molecular complexity index is 1300. The summed E-state index contributed by atoms with van der Waals surface area (Å²) in [7, 11) is 1.69. The van der Waals surface area contributed by atoms with E-state index in [9.17, 15) is 14.4 Å². The summed E-state index contributed by atoms with van der Waals surface area (Å²) in [5, 5.41) is 2.91. The Morgan fingerprint density at radius 2 is 1.74 bits per heavy atom. The summed E-state index contributed by atoms with van der Waals surface area (Å²) < 4.78 is 0. The fourth-order valence-electron chi connectivity index (χ4n) is 4.97. The van der Waals surface area contributed by atoms with E-state index in [-0.39, 0.29) is 36.2 Å². The van der Waals surface area contributed by atoms with Crippen molar-refractivity contribution < 1.29 is 14.4 Å². The second-order valence-electron chi connectivity index (χ2n) is 10.3. The summed E-state index contributed by atoms with van der Waals surface area (Å²) in [5.41, 5.74) is 3.17. The Morgan fingerprint density at radius 3 is 2.41 bits per heavy atom. The maximum Gasteiger partial charge on any atom is 0.241 e. The van der Waals surface area contributed by atoms with Crippen molar-refractivity contribution in [1.82, 2.24) is 9.88 Å². The van der Waals surface area contributed by atoms with Crippen molar-refractivity contribution in [3.63, 3.8) is 0 Å². The van der Waals surface area contributed by atoms with Gasteiger partial charge in [-0.1, -0.05) is 49.4 Å². The summed E-state index contributed by atoms with van der Waals surface area (Å²) in [6.07, 6.45) is 6.05. The lowest BCUT2D eigenvalue weighted by Crippen LogP contribution is -2.43. The van der Waals surface area contributed by atoms with Crippen LogP contribution in [0.3, 0.4) is 0 Å². The van der Waals surface area contributed by atoms with Gasteiger partial charge in [-0.05, 0) is 68.0 Å². The maximum atomic E-state index is 13.7. The van der Waals surface area contributed by atoms with E-state index in [2.05, 4.69) is 17.2 Å². The highest BCUT2D eigenvalue weighted by atomic mass is 35.5. The molecule has 8 heteroatoms. The molecule has 1 aliphatic rings. The van der Waals surface area contributed by atoms with Gasteiger partial charge in [0.1, 0.15) is 5.41 Å². The van der Waals surface area contributed by atoms with Crippen molar-refractivity contribution in [3.8, 4) is 0 Å². The molecule has 1 N–H and O–H groups in total. The van der Waals surface area contributed by atoms with E-state index in [0.29, 0.717) is 43.6 Å². The lowest BCUT2D eigenvalue weighted by molar-refractivity contribution is -0.136. The number of rotatable bonds is 9. The molecule has 0 radical (unpaired) electrons. The summed E-state index contributed by atoms with van der Waals surface area (Å²) in [6, 6.07) is 19.5. The van der Waals surface area contributed by atoms with Crippen molar-refractivity contribution in [2.24, 2.45) is 5.41 Å². The summed E-state index contributed by atoms with van der Waals surface area (Å²) in [5.74, 6) is -0.521. The van der Waals surface area contributed by atoms with Gasteiger partial charge in [0.25, 0.3) is 0 Å². The molecule has 0 aliphatic carbocycles. The molecule has 39 heavy (non-hydrogen) atoms. The van der Waals surface area contributed by atoms with Crippen LogP contribution in [0.4, 0.5) is 11.4 Å². The summed E-state index contributed by atoms with van der Waals surface area (Å²) in [6.45, 7) is 5.88. The van der Waals surface area contributed by atoms with E-state index in [1.807, 2.05) is 71.8 Å². The van der Waals surface area contributed by atoms with E-state index >= 15 is 0 Å². The number of pyridine rings is 1. The summed E-state index contributed by atoms with van der Waals surface area (Å²) in [4.78, 5) is 47.2. The number of fused-ring (bicyclic) bond motifs is 1. The quantitative estimate of drug-likeness (QED) is 0.353. The predicted octanol–water partition coefficient (Wildman–Crippen LogP) is 5.60. The van der Waals surface area contributed by atoms with Crippen LogP contribution in [-0.2, 0) is 27.2 Å². The highest BCUT2D eigenvalue weighted by molar-refractivity contribution is 6.19. The number of amides is 3. The van der Waals surface area contributed by atoms with Gasteiger partial charge in [0, 0.05) is 32.4 Å². The number of hydrogen-bond donors (Lipinski definition) is 1. The molecule has 4 rings (SSSR count). The molecular weight excluding hydrogens is 512 g/mol. The summed E-state index contributed by atoms with van der Waals surface area (Å²) >= 11 is 0. The molecule has 1 aromatic heterocycles. The molecule has 0 saturated heterocycles. The van der Waals surface area contributed by atoms with Crippen LogP contribution < -0.4 is 10.2 Å². The van der Waals surface area contributed by atoms with Crippen LogP contribution in [0.5, 0.6) is 0 Å². The Hall–Kier alpha value is -3.71. The topological polar surface area (TPSA) is 82.6 Å². The molecule has 2 aromatic carbocycles. The average molecular weight is 549 g/mol. The zero-order valence-electron chi connectivity index (χ0n) is 23.0. The van der Waals surface area contributed by atoms with Crippen LogP contribution in [-0.4, -0.2) is 41.2 Å². The second kappa shape index (κ2) is 12.9. The lowest BCUT2D eigenvalue weighted by atomic mass is 9.91. The Labute approximate surface area is 237 Å². The van der Waals surface area contributed by atoms with Crippen LogP contribution in [0.15, 0.2) is 73.1 Å². The first-order chi connectivity index (χ1) is 18.2. The molecular formula is C31H37ClN4O3. The first kappa shape index (κ1) is 29.8. The van der Waals surface area contributed by atoms with Gasteiger partial charge in [0.2, 0.25) is 17.7 Å². The average Bonchev–Trinajstić information content (AvgIpc) is 2.99. The number of carbonyl (C=O) groups is 3. The number of nitrogens with zero attached hydrogens (tertiary/aromatic N) is 3. The zero-order chi connectivity index (χ0) is 27.3. The van der Waals surface area contributed by atoms with Crippen LogP contribution in [0.2, 0.25) is 0 Å². The van der Waals surface area contributed by atoms with Gasteiger partial charge in [-0.2, -0.15) is 0 Å². The number of nitrogens with one attached hydrogen (secondary N) is 1. The molecule has 1 aliphatic heterocycles. The van der Waals surface area contributed by atoms with Crippen molar-refractivity contribution in [2.45, 2.75) is 52.5 Å². The minimum atomic E-state index is -1.18. The van der Waals surface area contributed by atoms with Crippen molar-refractivity contribution >= 4 is 41.5 Å². The van der Waals surface area contributed by atoms with E-state index in [1.54, 1.807) is 32.0 Å². The molecule has 3 aromatic rings. The monoisotopic (exact) mass is 548 g/mol. The third-order valence-corrected chi connectivity index (χ3v) is 7.34. The first-order valence-electron chi connectivity index (χ1n) is 13.2. The van der Waals surface area contributed by atoms with Gasteiger partial charge < -0.3 is 15.1 Å². The second-order valence-corrected chi connectivity index (χ2v) is 10.3. The van der Waals surface area contributed by atoms with Gasteiger partial charge in [-0.3, -0.25) is 19.4 Å². The number of aryl methyl sites for hydroxylation is 1. The Morgan fingerprint density at radius 1 is 1.03 bits per heavy atom. The van der Waals surface area contributed by atoms with Crippen LogP contribution in [0, 0.1) is 5.41 Å². The van der Waals surface area contributed by atoms with Gasteiger partial charge in [0.05, 0.1) is 17.4 Å². The molecule has 1 unspecified atom stereocenters. The van der Waals surface area contributed by atoms with Gasteiger partial charge in [0.15, 0.2) is 0 Å². The lowest BCUT2D eigenvalue weighted by Gasteiger charge is -2.33. The SMILES string of the molecule is CCC(c1ccc2c(c1)N(C)C(=O)C(C)(C)C(=O)N2)N(CCc1cccnc1)C(=O)CCc1ccccc1.Cl. The third kappa shape index (κ3) is 6.66. The normalized spacial score (nSPS) is 14.9. The van der Waals surface area contributed by atoms with Crippen LogP contribution in [0.1, 0.15) is 56.3 Å². The van der Waals surface area contributed by atoms with Crippen molar-refractivity contribution in [2.75, 3.05) is 23.8 Å². The molecule has 1 atom stereocenters. The molecule has 206 valence electrons. The van der Waals surface area contributed by atoms with Gasteiger partial charge in [-0.15, -0.1) is 12.4 Å². The van der Waals surface area contributed by atoms with Crippen molar-refractivity contribution in [1.29, 1.82) is 0 Å². The fourth-order valence-corrected chi connectivity index (χ4v) is 4.97. The molecule has 2 heterocycles. The zero-order valence-corrected chi connectivity index (χ0v) is 23.8. The third-order valence-electron chi connectivity index (χ3n) is 7.34. The molecule has 0 fully saturated rings. The molecule has 0 spiro atoms. The maximum absolute atomic E-state index is 13.7. The van der Waals surface area contributed by atoms with Crippen molar-refractivity contribution in [3.05, 3.63) is 89.7 Å². The van der Waals surface area contributed by atoms with E-state index < -0.39 is 5.41 Å². The number of hydrogen-bond acceptors (Lipinski definition) is 4. The fraction of sp³-hybridized carbons (Fsp3) is 0.355. The molecule has 7 nitrogen and oxygen atoms in total.